The standard InChI is InChI=1S/C18H26N2O4/c1-13(21)23-16-7-5-14(6-8-16)19-15-9-11-20(12-10-15)17(22)24-18(2,3)4/h5-8,15,19H,9-12H2,1-4H3. The number of nitrogens with zero attached hydrogens (tertiary/aromatic N) is 1. The maximum absolute atomic E-state index is 12.0. The van der Waals surface area contributed by atoms with E-state index in [9.17, 15) is 9.59 Å². The van der Waals surface area contributed by atoms with Crippen molar-refractivity contribution in [3.05, 3.63) is 24.3 Å². The van der Waals surface area contributed by atoms with E-state index in [-0.39, 0.29) is 12.1 Å². The summed E-state index contributed by atoms with van der Waals surface area (Å²) >= 11 is 0. The van der Waals surface area contributed by atoms with Gasteiger partial charge in [0, 0.05) is 31.7 Å². The topological polar surface area (TPSA) is 67.9 Å². The van der Waals surface area contributed by atoms with Gasteiger partial charge in [-0.1, -0.05) is 0 Å². The van der Waals surface area contributed by atoms with Crippen LogP contribution in [0.4, 0.5) is 10.5 Å². The van der Waals surface area contributed by atoms with Crippen LogP contribution in [-0.2, 0) is 9.53 Å². The number of carbonyl (C=O) groups is 2. The molecule has 0 unspecified atom stereocenters. The highest BCUT2D eigenvalue weighted by atomic mass is 16.6. The van der Waals surface area contributed by atoms with Gasteiger partial charge in [0.1, 0.15) is 11.4 Å². The van der Waals surface area contributed by atoms with Crippen LogP contribution in [0.3, 0.4) is 0 Å². The minimum Gasteiger partial charge on any atom is -0.444 e. The van der Waals surface area contributed by atoms with Crippen LogP contribution >= 0.6 is 0 Å². The highest BCUT2D eigenvalue weighted by Crippen LogP contribution is 2.21. The van der Waals surface area contributed by atoms with Crippen LogP contribution in [-0.4, -0.2) is 41.7 Å². The molecule has 24 heavy (non-hydrogen) atoms. The number of ether oxygens (including phenoxy) is 2. The number of rotatable bonds is 3. The van der Waals surface area contributed by atoms with E-state index in [4.69, 9.17) is 9.47 Å². The zero-order chi connectivity index (χ0) is 17.7. The first-order chi connectivity index (χ1) is 11.2. The molecular formula is C18H26N2O4. The molecule has 1 amide bonds. The fourth-order valence-electron chi connectivity index (χ4n) is 2.55. The fourth-order valence-corrected chi connectivity index (χ4v) is 2.55. The number of likely N-dealkylation sites (tertiary alicyclic amines) is 1. The minimum atomic E-state index is -0.462. The smallest absolute Gasteiger partial charge is 0.410 e. The van der Waals surface area contributed by atoms with Gasteiger partial charge in [0.05, 0.1) is 0 Å². The van der Waals surface area contributed by atoms with Gasteiger partial charge in [-0.25, -0.2) is 4.79 Å². The van der Waals surface area contributed by atoms with Crippen LogP contribution in [0.25, 0.3) is 0 Å². The van der Waals surface area contributed by atoms with Gasteiger partial charge in [-0.05, 0) is 57.9 Å². The lowest BCUT2D eigenvalue weighted by atomic mass is 10.0. The average Bonchev–Trinajstić information content (AvgIpc) is 2.48. The number of nitrogens with one attached hydrogen (secondary N) is 1. The van der Waals surface area contributed by atoms with E-state index in [1.165, 1.54) is 6.92 Å². The van der Waals surface area contributed by atoms with Crippen molar-refractivity contribution < 1.29 is 19.1 Å². The highest BCUT2D eigenvalue weighted by molar-refractivity contribution is 5.69. The monoisotopic (exact) mass is 334 g/mol. The molecule has 0 spiro atoms. The first-order valence-corrected chi connectivity index (χ1v) is 8.26. The van der Waals surface area contributed by atoms with Crippen LogP contribution in [0, 0.1) is 0 Å². The molecule has 1 heterocycles. The minimum absolute atomic E-state index is 0.244. The van der Waals surface area contributed by atoms with Gasteiger partial charge < -0.3 is 19.7 Å². The summed E-state index contributed by atoms with van der Waals surface area (Å²) in [5.41, 5.74) is 0.511. The van der Waals surface area contributed by atoms with Crippen LogP contribution in [0.2, 0.25) is 0 Å². The number of anilines is 1. The Hall–Kier alpha value is -2.24. The van der Waals surface area contributed by atoms with Crippen molar-refractivity contribution >= 4 is 17.7 Å². The third-order valence-electron chi connectivity index (χ3n) is 3.63. The summed E-state index contributed by atoms with van der Waals surface area (Å²) in [6, 6.07) is 7.61. The molecule has 6 heteroatoms. The maximum atomic E-state index is 12.0. The van der Waals surface area contributed by atoms with E-state index >= 15 is 0 Å². The molecule has 1 saturated heterocycles. The van der Waals surface area contributed by atoms with Gasteiger partial charge >= 0.3 is 12.1 Å². The predicted molar refractivity (Wildman–Crippen MR) is 92.2 cm³/mol. The molecule has 2 rings (SSSR count). The Bertz CT molecular complexity index is 570. The largest absolute Gasteiger partial charge is 0.444 e. The second kappa shape index (κ2) is 7.55. The van der Waals surface area contributed by atoms with E-state index in [1.54, 1.807) is 17.0 Å². The second-order valence-corrected chi connectivity index (χ2v) is 7.00. The summed E-state index contributed by atoms with van der Waals surface area (Å²) in [5.74, 6) is 0.206. The zero-order valence-corrected chi connectivity index (χ0v) is 14.8. The number of hydrogen-bond acceptors (Lipinski definition) is 5. The zero-order valence-electron chi connectivity index (χ0n) is 14.8. The average molecular weight is 334 g/mol. The Morgan fingerprint density at radius 3 is 2.21 bits per heavy atom. The molecule has 0 radical (unpaired) electrons. The van der Waals surface area contributed by atoms with Gasteiger partial charge in [0.2, 0.25) is 0 Å². The molecule has 0 saturated carbocycles. The summed E-state index contributed by atoms with van der Waals surface area (Å²) in [6.45, 7) is 8.36. The van der Waals surface area contributed by atoms with Gasteiger partial charge in [-0.3, -0.25) is 4.79 Å². The summed E-state index contributed by atoms with van der Waals surface area (Å²) in [7, 11) is 0. The predicted octanol–water partition coefficient (Wildman–Crippen LogP) is 3.42. The van der Waals surface area contributed by atoms with Crippen molar-refractivity contribution in [2.45, 2.75) is 52.2 Å². The number of piperidine rings is 1. The van der Waals surface area contributed by atoms with E-state index < -0.39 is 5.60 Å². The molecule has 132 valence electrons. The maximum Gasteiger partial charge on any atom is 0.410 e. The first kappa shape index (κ1) is 18.1. The number of carbonyl (C=O) groups excluding carboxylic acids is 2. The van der Waals surface area contributed by atoms with Gasteiger partial charge in [0.15, 0.2) is 0 Å². The van der Waals surface area contributed by atoms with Crippen molar-refractivity contribution in [2.24, 2.45) is 0 Å². The van der Waals surface area contributed by atoms with Crippen molar-refractivity contribution in [1.29, 1.82) is 0 Å². The highest BCUT2D eigenvalue weighted by Gasteiger charge is 2.26. The number of amides is 1. The van der Waals surface area contributed by atoms with Crippen molar-refractivity contribution in [3.8, 4) is 5.75 Å². The van der Waals surface area contributed by atoms with Crippen molar-refractivity contribution in [1.82, 2.24) is 4.90 Å². The molecule has 1 aliphatic heterocycles. The fraction of sp³-hybridized carbons (Fsp3) is 0.556. The Kier molecular flexibility index (Phi) is 5.70. The summed E-state index contributed by atoms with van der Waals surface area (Å²) < 4.78 is 10.4. The molecule has 1 aromatic carbocycles. The lowest BCUT2D eigenvalue weighted by Crippen LogP contribution is -2.44. The molecule has 1 fully saturated rings. The number of hydrogen-bond donors (Lipinski definition) is 1. The molecule has 1 N–H and O–H groups in total. The summed E-state index contributed by atoms with van der Waals surface area (Å²) in [5, 5.41) is 3.45. The van der Waals surface area contributed by atoms with E-state index in [2.05, 4.69) is 5.32 Å². The van der Waals surface area contributed by atoms with E-state index in [1.807, 2.05) is 32.9 Å². The van der Waals surface area contributed by atoms with Gasteiger partial charge in [0.25, 0.3) is 0 Å². The lowest BCUT2D eigenvalue weighted by Gasteiger charge is -2.34. The van der Waals surface area contributed by atoms with Crippen LogP contribution < -0.4 is 10.1 Å². The molecular weight excluding hydrogens is 308 g/mol. The van der Waals surface area contributed by atoms with Crippen LogP contribution in [0.1, 0.15) is 40.5 Å². The summed E-state index contributed by atoms with van der Waals surface area (Å²) in [6.07, 6.45) is 1.49. The van der Waals surface area contributed by atoms with Gasteiger partial charge in [-0.15, -0.1) is 0 Å². The SMILES string of the molecule is CC(=O)Oc1ccc(NC2CCN(C(=O)OC(C)(C)C)CC2)cc1. The second-order valence-electron chi connectivity index (χ2n) is 7.00. The Morgan fingerprint density at radius 1 is 1.12 bits per heavy atom. The normalized spacial score (nSPS) is 15.8. The van der Waals surface area contributed by atoms with Crippen molar-refractivity contribution in [3.63, 3.8) is 0 Å². The molecule has 1 aliphatic rings. The third kappa shape index (κ3) is 5.76. The molecule has 6 nitrogen and oxygen atoms in total. The number of benzene rings is 1. The molecule has 0 atom stereocenters. The quantitative estimate of drug-likeness (QED) is 0.677. The lowest BCUT2D eigenvalue weighted by molar-refractivity contribution is -0.131. The van der Waals surface area contributed by atoms with E-state index in [0.717, 1.165) is 18.5 Å². The molecule has 0 bridgehead atoms. The van der Waals surface area contributed by atoms with E-state index in [0.29, 0.717) is 24.9 Å². The molecule has 0 aromatic heterocycles. The van der Waals surface area contributed by atoms with Gasteiger partial charge in [-0.2, -0.15) is 0 Å². The van der Waals surface area contributed by atoms with Crippen LogP contribution in [0.5, 0.6) is 5.75 Å². The Balaban J connectivity index is 1.80. The number of esters is 1. The van der Waals surface area contributed by atoms with Crippen molar-refractivity contribution in [2.75, 3.05) is 18.4 Å². The van der Waals surface area contributed by atoms with Crippen LogP contribution in [0.15, 0.2) is 24.3 Å². The molecule has 1 aromatic rings. The summed E-state index contributed by atoms with van der Waals surface area (Å²) in [4.78, 5) is 24.7. The first-order valence-electron chi connectivity index (χ1n) is 8.26. The third-order valence-corrected chi connectivity index (χ3v) is 3.63. The molecule has 0 aliphatic carbocycles. The Morgan fingerprint density at radius 2 is 1.71 bits per heavy atom. The Labute approximate surface area is 143 Å².